The number of amides is 1. The van der Waals surface area contributed by atoms with Gasteiger partial charge < -0.3 is 14.8 Å². The molecular weight excluding hydrogens is 452 g/mol. The van der Waals surface area contributed by atoms with E-state index in [-0.39, 0.29) is 10.5 Å². The summed E-state index contributed by atoms with van der Waals surface area (Å²) in [6, 6.07) is 14.3. The normalized spacial score (nSPS) is 11.0. The number of aryl methyl sites for hydroxylation is 2. The van der Waals surface area contributed by atoms with Crippen LogP contribution in [0.3, 0.4) is 0 Å². The molecule has 1 amide bonds. The van der Waals surface area contributed by atoms with E-state index in [1.807, 2.05) is 6.92 Å². The molecule has 7 nitrogen and oxygen atoms in total. The van der Waals surface area contributed by atoms with Crippen molar-refractivity contribution in [3.8, 4) is 11.5 Å². The molecule has 0 saturated carbocycles. The highest BCUT2D eigenvalue weighted by atomic mass is 35.5. The molecular formula is C23H23ClN2O5S. The highest BCUT2D eigenvalue weighted by Gasteiger charge is 2.18. The van der Waals surface area contributed by atoms with Gasteiger partial charge in [0.1, 0.15) is 11.5 Å². The lowest BCUT2D eigenvalue weighted by Crippen LogP contribution is -2.16. The highest BCUT2D eigenvalue weighted by Crippen LogP contribution is 2.36. The summed E-state index contributed by atoms with van der Waals surface area (Å²) >= 11 is 6.11. The lowest BCUT2D eigenvalue weighted by molar-refractivity contribution is 0.102. The Morgan fingerprint density at radius 2 is 1.53 bits per heavy atom. The smallest absolute Gasteiger partial charge is 0.261 e. The third-order valence-electron chi connectivity index (χ3n) is 4.80. The fourth-order valence-electron chi connectivity index (χ4n) is 2.95. The van der Waals surface area contributed by atoms with E-state index in [2.05, 4.69) is 10.0 Å². The number of methoxy groups -OCH3 is 2. The summed E-state index contributed by atoms with van der Waals surface area (Å²) in [5, 5.41) is 3.09. The summed E-state index contributed by atoms with van der Waals surface area (Å²) in [5.41, 5.74) is 2.55. The van der Waals surface area contributed by atoms with Crippen molar-refractivity contribution in [2.24, 2.45) is 0 Å². The summed E-state index contributed by atoms with van der Waals surface area (Å²) in [6.45, 7) is 3.63. The summed E-state index contributed by atoms with van der Waals surface area (Å²) in [5.74, 6) is 0.276. The Bertz CT molecular complexity index is 1260. The predicted octanol–water partition coefficient (Wildman–Crippen LogP) is 5.03. The Labute approximate surface area is 192 Å². The summed E-state index contributed by atoms with van der Waals surface area (Å²) in [6.07, 6.45) is 0. The molecule has 0 fully saturated rings. The molecule has 3 rings (SSSR count). The van der Waals surface area contributed by atoms with Crippen molar-refractivity contribution in [3.63, 3.8) is 0 Å². The molecule has 3 aromatic rings. The van der Waals surface area contributed by atoms with Crippen molar-refractivity contribution < 1.29 is 22.7 Å². The monoisotopic (exact) mass is 474 g/mol. The SMILES string of the molecule is COc1cc(NC(=O)c2ccc(C)c(NS(=O)(=O)c3ccc(C)cc3)c2)c(OC)cc1Cl. The van der Waals surface area contributed by atoms with Crippen LogP contribution in [-0.4, -0.2) is 28.5 Å². The van der Waals surface area contributed by atoms with Crippen LogP contribution >= 0.6 is 11.6 Å². The van der Waals surface area contributed by atoms with E-state index in [9.17, 15) is 13.2 Å². The molecule has 0 radical (unpaired) electrons. The number of carbonyl (C=O) groups is 1. The summed E-state index contributed by atoms with van der Waals surface area (Å²) in [4.78, 5) is 13.0. The van der Waals surface area contributed by atoms with Crippen molar-refractivity contribution in [2.45, 2.75) is 18.7 Å². The standard InChI is InChI=1S/C23H23ClN2O5S/c1-14-5-9-17(10-6-14)32(28,29)26-19-11-16(8-7-15(19)2)23(27)25-20-13-21(30-3)18(24)12-22(20)31-4/h5-13,26H,1-4H3,(H,25,27). The van der Waals surface area contributed by atoms with Crippen molar-refractivity contribution >= 4 is 38.9 Å². The second kappa shape index (κ2) is 9.50. The van der Waals surface area contributed by atoms with Gasteiger partial charge in [-0.05, 0) is 43.7 Å². The third-order valence-corrected chi connectivity index (χ3v) is 6.47. The van der Waals surface area contributed by atoms with Crippen LogP contribution in [0.2, 0.25) is 5.02 Å². The molecule has 2 N–H and O–H groups in total. The number of rotatable bonds is 7. The van der Waals surface area contributed by atoms with Gasteiger partial charge in [-0.3, -0.25) is 9.52 Å². The van der Waals surface area contributed by atoms with Crippen molar-refractivity contribution in [1.29, 1.82) is 0 Å². The number of benzene rings is 3. The van der Waals surface area contributed by atoms with Crippen LogP contribution in [0.5, 0.6) is 11.5 Å². The van der Waals surface area contributed by atoms with Gasteiger partial charge in [-0.1, -0.05) is 35.4 Å². The molecule has 32 heavy (non-hydrogen) atoms. The average molecular weight is 475 g/mol. The molecule has 0 bridgehead atoms. The topological polar surface area (TPSA) is 93.7 Å². The molecule has 0 heterocycles. The second-order valence-electron chi connectivity index (χ2n) is 7.09. The lowest BCUT2D eigenvalue weighted by atomic mass is 10.1. The van der Waals surface area contributed by atoms with E-state index in [1.54, 1.807) is 37.3 Å². The van der Waals surface area contributed by atoms with Gasteiger partial charge >= 0.3 is 0 Å². The zero-order valence-electron chi connectivity index (χ0n) is 18.0. The minimum absolute atomic E-state index is 0.135. The van der Waals surface area contributed by atoms with E-state index in [4.69, 9.17) is 21.1 Å². The van der Waals surface area contributed by atoms with Gasteiger partial charge in [0, 0.05) is 17.7 Å². The van der Waals surface area contributed by atoms with Crippen LogP contribution < -0.4 is 19.5 Å². The van der Waals surface area contributed by atoms with E-state index in [1.165, 1.54) is 38.5 Å². The van der Waals surface area contributed by atoms with Gasteiger partial charge in [-0.2, -0.15) is 0 Å². The number of anilines is 2. The van der Waals surface area contributed by atoms with Crippen LogP contribution in [0, 0.1) is 13.8 Å². The molecule has 0 aromatic heterocycles. The van der Waals surface area contributed by atoms with Crippen molar-refractivity contribution in [1.82, 2.24) is 0 Å². The first-order valence-corrected chi connectivity index (χ1v) is 11.4. The Kier molecular flexibility index (Phi) is 6.96. The molecule has 3 aromatic carbocycles. The quantitative estimate of drug-likeness (QED) is 0.501. The number of carbonyl (C=O) groups excluding carboxylic acids is 1. The first kappa shape index (κ1) is 23.4. The molecule has 0 aliphatic heterocycles. The maximum atomic E-state index is 12.9. The van der Waals surface area contributed by atoms with Gasteiger partial charge in [0.15, 0.2) is 0 Å². The van der Waals surface area contributed by atoms with E-state index in [0.717, 1.165) is 5.56 Å². The van der Waals surface area contributed by atoms with Crippen molar-refractivity contribution in [2.75, 3.05) is 24.3 Å². The zero-order valence-corrected chi connectivity index (χ0v) is 19.6. The fourth-order valence-corrected chi connectivity index (χ4v) is 4.30. The third kappa shape index (κ3) is 5.15. The van der Waals surface area contributed by atoms with Crippen LogP contribution in [0.4, 0.5) is 11.4 Å². The minimum Gasteiger partial charge on any atom is -0.495 e. The maximum Gasteiger partial charge on any atom is 0.261 e. The van der Waals surface area contributed by atoms with Gasteiger partial charge in [0.05, 0.1) is 35.5 Å². The molecule has 0 aliphatic rings. The number of hydrogen-bond donors (Lipinski definition) is 2. The second-order valence-corrected chi connectivity index (χ2v) is 9.18. The fraction of sp³-hybridized carbons (Fsp3) is 0.174. The van der Waals surface area contributed by atoms with E-state index in [0.29, 0.717) is 33.5 Å². The summed E-state index contributed by atoms with van der Waals surface area (Å²) < 4.78 is 38.6. The van der Waals surface area contributed by atoms with Crippen LogP contribution in [0.1, 0.15) is 21.5 Å². The van der Waals surface area contributed by atoms with Gasteiger partial charge in [-0.15, -0.1) is 0 Å². The van der Waals surface area contributed by atoms with E-state index >= 15 is 0 Å². The number of halogens is 1. The molecule has 0 saturated heterocycles. The number of sulfonamides is 1. The zero-order chi connectivity index (χ0) is 23.5. The van der Waals surface area contributed by atoms with Crippen molar-refractivity contribution in [3.05, 3.63) is 76.3 Å². The maximum absolute atomic E-state index is 12.9. The molecule has 0 atom stereocenters. The Morgan fingerprint density at radius 1 is 0.875 bits per heavy atom. The minimum atomic E-state index is -3.81. The van der Waals surface area contributed by atoms with Gasteiger partial charge in [0.2, 0.25) is 0 Å². The molecule has 9 heteroatoms. The molecule has 168 valence electrons. The number of nitrogens with one attached hydrogen (secondary N) is 2. The molecule has 0 spiro atoms. The highest BCUT2D eigenvalue weighted by molar-refractivity contribution is 7.92. The largest absolute Gasteiger partial charge is 0.495 e. The van der Waals surface area contributed by atoms with Crippen LogP contribution in [0.15, 0.2) is 59.5 Å². The Hall–Kier alpha value is -3.23. The number of hydrogen-bond acceptors (Lipinski definition) is 5. The molecule has 0 aliphatic carbocycles. The number of ether oxygens (including phenoxy) is 2. The predicted molar refractivity (Wildman–Crippen MR) is 126 cm³/mol. The average Bonchev–Trinajstić information content (AvgIpc) is 2.76. The first-order chi connectivity index (χ1) is 15.1. The Morgan fingerprint density at radius 3 is 2.16 bits per heavy atom. The van der Waals surface area contributed by atoms with Crippen LogP contribution in [0.25, 0.3) is 0 Å². The van der Waals surface area contributed by atoms with Gasteiger partial charge in [0.25, 0.3) is 15.9 Å². The molecule has 0 unspecified atom stereocenters. The lowest BCUT2D eigenvalue weighted by Gasteiger charge is -2.15. The summed E-state index contributed by atoms with van der Waals surface area (Å²) in [7, 11) is -0.891. The Balaban J connectivity index is 1.88. The van der Waals surface area contributed by atoms with Crippen LogP contribution in [-0.2, 0) is 10.0 Å². The van der Waals surface area contributed by atoms with E-state index < -0.39 is 15.9 Å². The van der Waals surface area contributed by atoms with Gasteiger partial charge in [-0.25, -0.2) is 8.42 Å². The first-order valence-electron chi connectivity index (χ1n) is 9.57.